The SMILES string of the molecule is Cc1cccc(N2CCN(c3nccnc3SCC(=O)NCc3ccccc3)CC2)c1C. The summed E-state index contributed by atoms with van der Waals surface area (Å²) in [7, 11) is 0. The van der Waals surface area contributed by atoms with E-state index in [1.165, 1.54) is 28.6 Å². The topological polar surface area (TPSA) is 61.4 Å². The number of aryl methyl sites for hydroxylation is 1. The van der Waals surface area contributed by atoms with Gasteiger partial charge in [-0.15, -0.1) is 0 Å². The Morgan fingerprint density at radius 3 is 2.44 bits per heavy atom. The number of amides is 1. The molecule has 1 saturated heterocycles. The van der Waals surface area contributed by atoms with Crippen LogP contribution in [-0.4, -0.2) is 47.8 Å². The quantitative estimate of drug-likeness (QED) is 0.556. The van der Waals surface area contributed by atoms with E-state index in [1.54, 1.807) is 12.4 Å². The van der Waals surface area contributed by atoms with Crippen molar-refractivity contribution in [3.05, 3.63) is 77.6 Å². The monoisotopic (exact) mass is 447 g/mol. The number of piperazine rings is 1. The van der Waals surface area contributed by atoms with Gasteiger partial charge in [-0.2, -0.15) is 0 Å². The van der Waals surface area contributed by atoms with E-state index in [2.05, 4.69) is 57.1 Å². The molecule has 0 aliphatic carbocycles. The molecule has 1 fully saturated rings. The maximum Gasteiger partial charge on any atom is 0.230 e. The zero-order valence-corrected chi connectivity index (χ0v) is 19.4. The van der Waals surface area contributed by atoms with Gasteiger partial charge in [0.15, 0.2) is 5.82 Å². The molecule has 0 radical (unpaired) electrons. The fourth-order valence-corrected chi connectivity index (χ4v) is 4.67. The smallest absolute Gasteiger partial charge is 0.230 e. The van der Waals surface area contributed by atoms with E-state index < -0.39 is 0 Å². The summed E-state index contributed by atoms with van der Waals surface area (Å²) in [4.78, 5) is 26.2. The first-order chi connectivity index (χ1) is 15.6. The Labute approximate surface area is 194 Å². The number of thioether (sulfide) groups is 1. The second-order valence-corrected chi connectivity index (χ2v) is 8.89. The van der Waals surface area contributed by atoms with Crippen molar-refractivity contribution in [3.8, 4) is 0 Å². The van der Waals surface area contributed by atoms with Crippen molar-refractivity contribution in [2.75, 3.05) is 41.7 Å². The molecule has 0 unspecified atom stereocenters. The molecule has 0 atom stereocenters. The van der Waals surface area contributed by atoms with Gasteiger partial charge < -0.3 is 15.1 Å². The maximum atomic E-state index is 12.3. The lowest BCUT2D eigenvalue weighted by atomic mass is 10.1. The molecule has 0 spiro atoms. The molecular formula is C25H29N5OS. The van der Waals surface area contributed by atoms with Gasteiger partial charge in [-0.3, -0.25) is 4.79 Å². The van der Waals surface area contributed by atoms with Crippen LogP contribution in [0.4, 0.5) is 11.5 Å². The number of hydrogen-bond acceptors (Lipinski definition) is 6. The van der Waals surface area contributed by atoms with Gasteiger partial charge in [-0.1, -0.05) is 54.2 Å². The Morgan fingerprint density at radius 2 is 1.66 bits per heavy atom. The van der Waals surface area contributed by atoms with Gasteiger partial charge in [0.1, 0.15) is 5.03 Å². The van der Waals surface area contributed by atoms with Crippen molar-refractivity contribution in [2.24, 2.45) is 0 Å². The molecule has 1 aliphatic heterocycles. The van der Waals surface area contributed by atoms with E-state index in [4.69, 9.17) is 0 Å². The molecular weight excluding hydrogens is 418 g/mol. The minimum Gasteiger partial charge on any atom is -0.368 e. The van der Waals surface area contributed by atoms with E-state index in [9.17, 15) is 4.79 Å². The molecule has 2 aromatic carbocycles. The molecule has 166 valence electrons. The Bertz CT molecular complexity index is 1050. The minimum atomic E-state index is -0.00445. The molecule has 4 rings (SSSR count). The largest absolute Gasteiger partial charge is 0.368 e. The number of nitrogens with one attached hydrogen (secondary N) is 1. The summed E-state index contributed by atoms with van der Waals surface area (Å²) in [5, 5.41) is 3.78. The summed E-state index contributed by atoms with van der Waals surface area (Å²) >= 11 is 1.44. The van der Waals surface area contributed by atoms with E-state index >= 15 is 0 Å². The van der Waals surface area contributed by atoms with Crippen LogP contribution in [0.15, 0.2) is 66.0 Å². The number of carbonyl (C=O) groups is 1. The van der Waals surface area contributed by atoms with Gasteiger partial charge in [0, 0.05) is 50.8 Å². The summed E-state index contributed by atoms with van der Waals surface area (Å²) in [6.45, 7) is 8.50. The first kappa shape index (κ1) is 22.1. The van der Waals surface area contributed by atoms with Crippen LogP contribution in [0.2, 0.25) is 0 Å². The second kappa shape index (κ2) is 10.5. The minimum absolute atomic E-state index is 0.00445. The highest BCUT2D eigenvalue weighted by atomic mass is 32.2. The lowest BCUT2D eigenvalue weighted by Crippen LogP contribution is -2.47. The highest BCUT2D eigenvalue weighted by Gasteiger charge is 2.22. The van der Waals surface area contributed by atoms with Crippen molar-refractivity contribution < 1.29 is 4.79 Å². The summed E-state index contributed by atoms with van der Waals surface area (Å²) in [5.41, 5.74) is 5.07. The number of carbonyl (C=O) groups excluding carboxylic acids is 1. The highest BCUT2D eigenvalue weighted by Crippen LogP contribution is 2.29. The van der Waals surface area contributed by atoms with Crippen LogP contribution in [0.5, 0.6) is 0 Å². The number of hydrogen-bond donors (Lipinski definition) is 1. The van der Waals surface area contributed by atoms with Gasteiger partial charge in [-0.25, -0.2) is 9.97 Å². The second-order valence-electron chi connectivity index (χ2n) is 7.93. The van der Waals surface area contributed by atoms with Gasteiger partial charge in [0.25, 0.3) is 0 Å². The highest BCUT2D eigenvalue weighted by molar-refractivity contribution is 8.00. The molecule has 0 bridgehead atoms. The molecule has 7 heteroatoms. The van der Waals surface area contributed by atoms with Gasteiger partial charge in [0.2, 0.25) is 5.91 Å². The Kier molecular flexibility index (Phi) is 7.27. The molecule has 1 N–H and O–H groups in total. The van der Waals surface area contributed by atoms with E-state index in [1.807, 2.05) is 30.3 Å². The molecule has 1 aromatic heterocycles. The van der Waals surface area contributed by atoms with Crippen LogP contribution in [0.25, 0.3) is 0 Å². The third-order valence-corrected chi connectivity index (χ3v) is 6.78. The normalized spacial score (nSPS) is 13.8. The maximum absolute atomic E-state index is 12.3. The number of benzene rings is 2. The van der Waals surface area contributed by atoms with Gasteiger partial charge in [-0.05, 0) is 36.6 Å². The first-order valence-corrected chi connectivity index (χ1v) is 11.9. The molecule has 32 heavy (non-hydrogen) atoms. The van der Waals surface area contributed by atoms with E-state index in [-0.39, 0.29) is 5.91 Å². The van der Waals surface area contributed by atoms with Crippen LogP contribution in [0.3, 0.4) is 0 Å². The molecule has 1 amide bonds. The number of anilines is 2. The zero-order chi connectivity index (χ0) is 22.3. The molecule has 1 aliphatic rings. The van der Waals surface area contributed by atoms with Crippen molar-refractivity contribution >= 4 is 29.2 Å². The fraction of sp³-hybridized carbons (Fsp3) is 0.320. The Balaban J connectivity index is 1.33. The number of nitrogens with zero attached hydrogens (tertiary/aromatic N) is 4. The first-order valence-electron chi connectivity index (χ1n) is 10.9. The summed E-state index contributed by atoms with van der Waals surface area (Å²) in [6, 6.07) is 16.4. The Hall–Kier alpha value is -3.06. The van der Waals surface area contributed by atoms with E-state index in [0.29, 0.717) is 12.3 Å². The van der Waals surface area contributed by atoms with Crippen LogP contribution in [0, 0.1) is 13.8 Å². The number of aromatic nitrogens is 2. The van der Waals surface area contributed by atoms with Crippen LogP contribution in [0.1, 0.15) is 16.7 Å². The van der Waals surface area contributed by atoms with Crippen molar-refractivity contribution in [3.63, 3.8) is 0 Å². The molecule has 6 nitrogen and oxygen atoms in total. The fourth-order valence-electron chi connectivity index (χ4n) is 3.86. The van der Waals surface area contributed by atoms with Crippen LogP contribution < -0.4 is 15.1 Å². The molecule has 2 heterocycles. The van der Waals surface area contributed by atoms with Crippen LogP contribution in [-0.2, 0) is 11.3 Å². The summed E-state index contributed by atoms with van der Waals surface area (Å²) < 4.78 is 0. The van der Waals surface area contributed by atoms with Crippen LogP contribution >= 0.6 is 11.8 Å². The Morgan fingerprint density at radius 1 is 0.938 bits per heavy atom. The van der Waals surface area contributed by atoms with Gasteiger partial charge >= 0.3 is 0 Å². The average molecular weight is 448 g/mol. The zero-order valence-electron chi connectivity index (χ0n) is 18.6. The van der Waals surface area contributed by atoms with Gasteiger partial charge in [0.05, 0.1) is 5.75 Å². The van der Waals surface area contributed by atoms with Crippen molar-refractivity contribution in [2.45, 2.75) is 25.4 Å². The standard InChI is InChI=1S/C25H29N5OS/c1-19-7-6-10-22(20(19)2)29-13-15-30(16-14-29)24-25(27-12-11-26-24)32-18-23(31)28-17-21-8-4-3-5-9-21/h3-12H,13-18H2,1-2H3,(H,28,31). The number of rotatable bonds is 7. The molecule has 3 aromatic rings. The lowest BCUT2D eigenvalue weighted by Gasteiger charge is -2.37. The predicted octanol–water partition coefficient (Wildman–Crippen LogP) is 3.83. The van der Waals surface area contributed by atoms with Crippen molar-refractivity contribution in [1.29, 1.82) is 0 Å². The average Bonchev–Trinajstić information content (AvgIpc) is 2.84. The van der Waals surface area contributed by atoms with E-state index in [0.717, 1.165) is 42.6 Å². The third kappa shape index (κ3) is 5.40. The molecule has 0 saturated carbocycles. The lowest BCUT2D eigenvalue weighted by molar-refractivity contribution is -0.118. The summed E-state index contributed by atoms with van der Waals surface area (Å²) in [6.07, 6.45) is 3.42. The van der Waals surface area contributed by atoms with Crippen molar-refractivity contribution in [1.82, 2.24) is 15.3 Å². The predicted molar refractivity (Wildman–Crippen MR) is 131 cm³/mol. The summed E-state index contributed by atoms with van der Waals surface area (Å²) in [5.74, 6) is 1.19. The third-order valence-electron chi connectivity index (χ3n) is 5.81.